The Hall–Kier alpha value is -2.54. The summed E-state index contributed by atoms with van der Waals surface area (Å²) in [6.07, 6.45) is 1.47. The summed E-state index contributed by atoms with van der Waals surface area (Å²) < 4.78 is 0. The van der Waals surface area contributed by atoms with E-state index in [1.807, 2.05) is 17.5 Å². The van der Waals surface area contributed by atoms with Gasteiger partial charge in [0.1, 0.15) is 0 Å². The Morgan fingerprint density at radius 3 is 2.53 bits per heavy atom. The molecule has 0 bridgehead atoms. The van der Waals surface area contributed by atoms with Crippen molar-refractivity contribution >= 4 is 23.5 Å². The fourth-order valence-corrected chi connectivity index (χ4v) is 1.90. The topological polar surface area (TPSA) is 102 Å². The number of aromatic hydroxyl groups is 3. The third kappa shape index (κ3) is 3.02. The van der Waals surface area contributed by atoms with Crippen LogP contribution in [0.5, 0.6) is 17.2 Å². The molecule has 1 heterocycles. The second-order valence-corrected chi connectivity index (χ2v) is 4.56. The van der Waals surface area contributed by atoms with Gasteiger partial charge in [-0.3, -0.25) is 4.79 Å². The second kappa shape index (κ2) is 5.40. The smallest absolute Gasteiger partial charge is 0.271 e. The van der Waals surface area contributed by atoms with Crippen molar-refractivity contribution in [1.29, 1.82) is 0 Å². The van der Waals surface area contributed by atoms with E-state index in [4.69, 9.17) is 5.11 Å². The number of nitrogens with one attached hydrogen (secondary N) is 1. The zero-order valence-corrected chi connectivity index (χ0v) is 10.4. The highest BCUT2D eigenvalue weighted by molar-refractivity contribution is 7.11. The lowest BCUT2D eigenvalue weighted by Crippen LogP contribution is -2.17. The van der Waals surface area contributed by atoms with Crippen molar-refractivity contribution in [2.24, 2.45) is 5.10 Å². The summed E-state index contributed by atoms with van der Waals surface area (Å²) in [6.45, 7) is 0. The maximum absolute atomic E-state index is 11.7. The van der Waals surface area contributed by atoms with Crippen LogP contribution in [-0.4, -0.2) is 27.4 Å². The van der Waals surface area contributed by atoms with Crippen LogP contribution in [0.4, 0.5) is 0 Å². The molecule has 4 N–H and O–H groups in total. The molecule has 0 aliphatic rings. The molecule has 0 aliphatic heterocycles. The Morgan fingerprint density at radius 1 is 1.26 bits per heavy atom. The minimum absolute atomic E-state index is 0.0175. The first-order chi connectivity index (χ1) is 9.08. The van der Waals surface area contributed by atoms with Gasteiger partial charge >= 0.3 is 0 Å². The van der Waals surface area contributed by atoms with Gasteiger partial charge < -0.3 is 15.3 Å². The molecule has 0 aliphatic carbocycles. The summed E-state index contributed by atoms with van der Waals surface area (Å²) in [5, 5.41) is 33.3. The van der Waals surface area contributed by atoms with Crippen LogP contribution in [0.3, 0.4) is 0 Å². The number of carbonyl (C=O) groups excluding carboxylic acids is 1. The first kappa shape index (κ1) is 12.9. The minimum Gasteiger partial charge on any atom is -0.504 e. The fraction of sp³-hybridized carbons (Fsp3) is 0. The molecular formula is C12H10N2O4S. The van der Waals surface area contributed by atoms with Gasteiger partial charge in [0.2, 0.25) is 0 Å². The summed E-state index contributed by atoms with van der Waals surface area (Å²) >= 11 is 1.46. The Morgan fingerprint density at radius 2 is 1.95 bits per heavy atom. The lowest BCUT2D eigenvalue weighted by Gasteiger charge is -2.04. The van der Waals surface area contributed by atoms with Crippen LogP contribution in [0.25, 0.3) is 0 Å². The normalized spacial score (nSPS) is 10.7. The summed E-state index contributed by atoms with van der Waals surface area (Å²) in [5.41, 5.74) is 2.23. The summed E-state index contributed by atoms with van der Waals surface area (Å²) in [4.78, 5) is 12.5. The van der Waals surface area contributed by atoms with E-state index in [0.717, 1.165) is 17.0 Å². The number of hydrogen-bond acceptors (Lipinski definition) is 6. The zero-order chi connectivity index (χ0) is 13.8. The molecule has 0 spiro atoms. The average Bonchev–Trinajstić information content (AvgIpc) is 2.88. The molecule has 0 fully saturated rings. The highest BCUT2D eigenvalue weighted by Gasteiger charge is 2.12. The molecule has 1 aromatic heterocycles. The quantitative estimate of drug-likeness (QED) is 0.389. The number of carbonyl (C=O) groups is 1. The van der Waals surface area contributed by atoms with Crippen LogP contribution < -0.4 is 5.43 Å². The van der Waals surface area contributed by atoms with Crippen molar-refractivity contribution < 1.29 is 20.1 Å². The van der Waals surface area contributed by atoms with Crippen LogP contribution in [0.15, 0.2) is 34.7 Å². The Labute approximate surface area is 112 Å². The van der Waals surface area contributed by atoms with Crippen LogP contribution >= 0.6 is 11.3 Å². The SMILES string of the molecule is O=C(N/N=C/c1cccs1)c1cc(O)c(O)c(O)c1. The molecule has 6 nitrogen and oxygen atoms in total. The van der Waals surface area contributed by atoms with Gasteiger partial charge in [-0.25, -0.2) is 5.43 Å². The lowest BCUT2D eigenvalue weighted by atomic mass is 10.2. The van der Waals surface area contributed by atoms with E-state index >= 15 is 0 Å². The molecule has 98 valence electrons. The van der Waals surface area contributed by atoms with Gasteiger partial charge in [0.05, 0.1) is 6.21 Å². The zero-order valence-electron chi connectivity index (χ0n) is 9.57. The average molecular weight is 278 g/mol. The predicted octanol–water partition coefficient (Wildman–Crippen LogP) is 1.63. The molecule has 2 aromatic rings. The van der Waals surface area contributed by atoms with Crippen molar-refractivity contribution in [3.63, 3.8) is 0 Å². The number of amides is 1. The third-order valence-electron chi connectivity index (χ3n) is 2.23. The molecule has 7 heteroatoms. The van der Waals surface area contributed by atoms with Gasteiger partial charge in [-0.05, 0) is 23.6 Å². The van der Waals surface area contributed by atoms with E-state index in [1.54, 1.807) is 0 Å². The number of phenolic OH excluding ortho intramolecular Hbond substituents is 3. The predicted molar refractivity (Wildman–Crippen MR) is 70.8 cm³/mol. The Balaban J connectivity index is 2.08. The fourth-order valence-electron chi connectivity index (χ4n) is 1.32. The second-order valence-electron chi connectivity index (χ2n) is 3.58. The van der Waals surface area contributed by atoms with Gasteiger partial charge in [-0.15, -0.1) is 11.3 Å². The van der Waals surface area contributed by atoms with Crippen molar-refractivity contribution in [2.75, 3.05) is 0 Å². The Bertz CT molecular complexity index is 600. The summed E-state index contributed by atoms with van der Waals surface area (Å²) in [5.74, 6) is -2.43. The number of thiophene rings is 1. The minimum atomic E-state index is -0.668. The van der Waals surface area contributed by atoms with E-state index in [9.17, 15) is 15.0 Å². The molecule has 0 radical (unpaired) electrons. The molecule has 2 rings (SSSR count). The lowest BCUT2D eigenvalue weighted by molar-refractivity contribution is 0.0954. The first-order valence-corrected chi connectivity index (χ1v) is 6.07. The number of hydrogen-bond donors (Lipinski definition) is 4. The van der Waals surface area contributed by atoms with Gasteiger partial charge in [-0.1, -0.05) is 6.07 Å². The number of hydrazone groups is 1. The molecule has 0 saturated carbocycles. The van der Waals surface area contributed by atoms with Crippen LogP contribution in [-0.2, 0) is 0 Å². The van der Waals surface area contributed by atoms with Gasteiger partial charge in [0.15, 0.2) is 17.2 Å². The number of benzene rings is 1. The maximum atomic E-state index is 11.7. The van der Waals surface area contributed by atoms with Gasteiger partial charge in [-0.2, -0.15) is 5.10 Å². The van der Waals surface area contributed by atoms with Crippen molar-refractivity contribution in [1.82, 2.24) is 5.43 Å². The molecule has 0 unspecified atom stereocenters. The molecule has 1 amide bonds. The number of phenols is 3. The molecular weight excluding hydrogens is 268 g/mol. The standard InChI is InChI=1S/C12H10N2O4S/c15-9-4-7(5-10(16)11(9)17)12(18)14-13-6-8-2-1-3-19-8/h1-6,15-17H,(H,14,18)/b13-6+. The summed E-state index contributed by atoms with van der Waals surface area (Å²) in [7, 11) is 0. The largest absolute Gasteiger partial charge is 0.504 e. The molecule has 0 atom stereocenters. The maximum Gasteiger partial charge on any atom is 0.271 e. The van der Waals surface area contributed by atoms with Gasteiger partial charge in [0, 0.05) is 10.4 Å². The highest BCUT2D eigenvalue weighted by atomic mass is 32.1. The number of nitrogens with zero attached hydrogens (tertiary/aromatic N) is 1. The van der Waals surface area contributed by atoms with Crippen LogP contribution in [0, 0.1) is 0 Å². The third-order valence-corrected chi connectivity index (χ3v) is 3.04. The van der Waals surface area contributed by atoms with Crippen molar-refractivity contribution in [2.45, 2.75) is 0 Å². The van der Waals surface area contributed by atoms with E-state index < -0.39 is 23.2 Å². The van der Waals surface area contributed by atoms with Gasteiger partial charge in [0.25, 0.3) is 5.91 Å². The van der Waals surface area contributed by atoms with E-state index in [0.29, 0.717) is 0 Å². The highest BCUT2D eigenvalue weighted by Crippen LogP contribution is 2.35. The molecule has 0 saturated heterocycles. The van der Waals surface area contributed by atoms with E-state index in [-0.39, 0.29) is 5.56 Å². The van der Waals surface area contributed by atoms with Crippen molar-refractivity contribution in [3.05, 3.63) is 40.1 Å². The summed E-state index contributed by atoms with van der Waals surface area (Å²) in [6, 6.07) is 5.75. The van der Waals surface area contributed by atoms with Crippen molar-refractivity contribution in [3.8, 4) is 17.2 Å². The van der Waals surface area contributed by atoms with E-state index in [2.05, 4.69) is 10.5 Å². The Kier molecular flexibility index (Phi) is 3.67. The number of rotatable bonds is 3. The molecule has 19 heavy (non-hydrogen) atoms. The monoisotopic (exact) mass is 278 g/mol. The van der Waals surface area contributed by atoms with Crippen LogP contribution in [0.2, 0.25) is 0 Å². The first-order valence-electron chi connectivity index (χ1n) is 5.20. The van der Waals surface area contributed by atoms with E-state index in [1.165, 1.54) is 17.6 Å². The molecule has 1 aromatic carbocycles. The van der Waals surface area contributed by atoms with Crippen LogP contribution in [0.1, 0.15) is 15.2 Å².